The van der Waals surface area contributed by atoms with E-state index in [0.29, 0.717) is 0 Å². The van der Waals surface area contributed by atoms with E-state index in [1.54, 1.807) is 0 Å². The molecular formula is C7H16N2O2S. The summed E-state index contributed by atoms with van der Waals surface area (Å²) < 4.78 is 20.9. The van der Waals surface area contributed by atoms with Gasteiger partial charge >= 0.3 is 0 Å². The molecule has 1 saturated heterocycles. The van der Waals surface area contributed by atoms with Crippen molar-refractivity contribution in [1.29, 1.82) is 0 Å². The van der Waals surface area contributed by atoms with Crippen LogP contribution in [-0.2, 0) is 10.7 Å². The summed E-state index contributed by atoms with van der Waals surface area (Å²) in [6, 6.07) is 0. The summed E-state index contributed by atoms with van der Waals surface area (Å²) in [4.78, 5) is 1.96. The van der Waals surface area contributed by atoms with Crippen LogP contribution in [0.25, 0.3) is 0 Å². The van der Waals surface area contributed by atoms with Gasteiger partial charge in [-0.05, 0) is 13.8 Å². The van der Waals surface area contributed by atoms with Crippen molar-refractivity contribution >= 4 is 10.7 Å². The third-order valence-electron chi connectivity index (χ3n) is 1.97. The summed E-state index contributed by atoms with van der Waals surface area (Å²) in [7, 11) is -2.27. The lowest BCUT2D eigenvalue weighted by Gasteiger charge is -2.38. The van der Waals surface area contributed by atoms with E-state index >= 15 is 0 Å². The maximum atomic E-state index is 10.5. The van der Waals surface area contributed by atoms with Crippen LogP contribution in [0.4, 0.5) is 0 Å². The predicted octanol–water partition coefficient (Wildman–Crippen LogP) is -0.761. The Morgan fingerprint density at radius 2 is 2.17 bits per heavy atom. The average Bonchev–Trinajstić information content (AvgIpc) is 1.82. The molecule has 0 amide bonds. The molecule has 0 saturated carbocycles. The average molecular weight is 192 g/mol. The van der Waals surface area contributed by atoms with Crippen LogP contribution in [0.3, 0.4) is 0 Å². The molecule has 0 aromatic carbocycles. The van der Waals surface area contributed by atoms with Crippen LogP contribution >= 0.6 is 0 Å². The van der Waals surface area contributed by atoms with Crippen LogP contribution in [0, 0.1) is 0 Å². The molecule has 0 aromatic rings. The Hall–Kier alpha value is -0.130. The zero-order valence-electron chi connectivity index (χ0n) is 7.54. The molecule has 1 heterocycles. The van der Waals surface area contributed by atoms with Gasteiger partial charge in [0.25, 0.3) is 0 Å². The largest absolute Gasteiger partial charge is 0.309 e. The lowest BCUT2D eigenvalue weighted by molar-refractivity contribution is 0.176. The van der Waals surface area contributed by atoms with Crippen LogP contribution in [0.5, 0.6) is 0 Å². The quantitative estimate of drug-likeness (QED) is 0.565. The molecule has 72 valence electrons. The highest BCUT2D eigenvalue weighted by Gasteiger charge is 2.25. The number of nitrogens with one attached hydrogen (secondary N) is 1. The van der Waals surface area contributed by atoms with Gasteiger partial charge < -0.3 is 5.32 Å². The third kappa shape index (κ3) is 3.08. The minimum Gasteiger partial charge on any atom is -0.309 e. The lowest BCUT2D eigenvalue weighted by atomic mass is 10.0. The van der Waals surface area contributed by atoms with E-state index < -0.39 is 10.7 Å². The molecule has 1 N–H and O–H groups in total. The summed E-state index contributed by atoms with van der Waals surface area (Å²) in [6.07, 6.45) is 0. The third-order valence-corrected chi connectivity index (χ3v) is 2.60. The molecule has 1 aliphatic rings. The normalized spacial score (nSPS) is 24.6. The van der Waals surface area contributed by atoms with Gasteiger partial charge in [-0.15, -0.1) is 0 Å². The van der Waals surface area contributed by atoms with Crippen molar-refractivity contribution in [2.24, 2.45) is 0 Å². The van der Waals surface area contributed by atoms with E-state index in [0.717, 1.165) is 19.6 Å². The first kappa shape index (κ1) is 9.95. The summed E-state index contributed by atoms with van der Waals surface area (Å²) in [5, 5.41) is 3.32. The zero-order chi connectivity index (χ0) is 9.19. The van der Waals surface area contributed by atoms with Gasteiger partial charge in [0, 0.05) is 25.2 Å². The van der Waals surface area contributed by atoms with Gasteiger partial charge in [0.15, 0.2) is 10.7 Å². The van der Waals surface area contributed by atoms with Crippen molar-refractivity contribution < 1.29 is 8.42 Å². The number of thiol groups is 1. The van der Waals surface area contributed by atoms with Gasteiger partial charge in [-0.2, -0.15) is 0 Å². The molecule has 5 heteroatoms. The summed E-state index contributed by atoms with van der Waals surface area (Å²) in [5.41, 5.74) is 0.0452. The molecule has 0 aliphatic carbocycles. The molecule has 1 rings (SSSR count). The van der Waals surface area contributed by atoms with E-state index in [9.17, 15) is 8.42 Å². The van der Waals surface area contributed by atoms with Crippen LogP contribution in [0.2, 0.25) is 0 Å². The minimum absolute atomic E-state index is 0.0452. The number of hydrogen-bond acceptors (Lipinski definition) is 4. The van der Waals surface area contributed by atoms with Gasteiger partial charge in [0.1, 0.15) is 0 Å². The molecule has 0 radical (unpaired) electrons. The molecule has 12 heavy (non-hydrogen) atoms. The fourth-order valence-corrected chi connectivity index (χ4v) is 2.10. The van der Waals surface area contributed by atoms with E-state index in [4.69, 9.17) is 0 Å². The van der Waals surface area contributed by atoms with Crippen molar-refractivity contribution in [3.05, 3.63) is 0 Å². The van der Waals surface area contributed by atoms with Crippen LogP contribution in [0.1, 0.15) is 13.8 Å². The second kappa shape index (κ2) is 3.72. The fourth-order valence-electron chi connectivity index (χ4n) is 1.53. The Morgan fingerprint density at radius 3 is 2.67 bits per heavy atom. The molecule has 4 nitrogen and oxygen atoms in total. The second-order valence-corrected chi connectivity index (χ2v) is 4.79. The van der Waals surface area contributed by atoms with E-state index in [2.05, 4.69) is 19.2 Å². The summed E-state index contributed by atoms with van der Waals surface area (Å²) in [6.45, 7) is 6.66. The van der Waals surface area contributed by atoms with Crippen molar-refractivity contribution in [3.8, 4) is 0 Å². The molecule has 0 atom stereocenters. The molecular weight excluding hydrogens is 176 g/mol. The fraction of sp³-hybridized carbons (Fsp3) is 1.00. The van der Waals surface area contributed by atoms with E-state index in [1.165, 1.54) is 0 Å². The SMILES string of the molecule is CC1(C)CN(C[SH](=O)=O)CCN1. The molecule has 0 bridgehead atoms. The molecule has 0 aromatic heterocycles. The number of piperazine rings is 1. The highest BCUT2D eigenvalue weighted by Crippen LogP contribution is 2.09. The van der Waals surface area contributed by atoms with Gasteiger partial charge in [-0.25, -0.2) is 8.42 Å². The van der Waals surface area contributed by atoms with Crippen molar-refractivity contribution in [1.82, 2.24) is 10.2 Å². The second-order valence-electron chi connectivity index (χ2n) is 3.84. The minimum atomic E-state index is -2.27. The summed E-state index contributed by atoms with van der Waals surface area (Å²) in [5.74, 6) is 0.195. The zero-order valence-corrected chi connectivity index (χ0v) is 8.43. The molecule has 1 aliphatic heterocycles. The number of hydrogen-bond donors (Lipinski definition) is 2. The topological polar surface area (TPSA) is 49.4 Å². The Bertz CT molecular complexity index is 217. The lowest BCUT2D eigenvalue weighted by Crippen LogP contribution is -2.57. The monoisotopic (exact) mass is 192 g/mol. The first-order chi connectivity index (χ1) is 5.49. The summed E-state index contributed by atoms with van der Waals surface area (Å²) >= 11 is 0. The Kier molecular flexibility index (Phi) is 3.09. The van der Waals surface area contributed by atoms with E-state index in [-0.39, 0.29) is 11.4 Å². The predicted molar refractivity (Wildman–Crippen MR) is 48.8 cm³/mol. The van der Waals surface area contributed by atoms with Gasteiger partial charge in [-0.1, -0.05) is 0 Å². The standard InChI is InChI=1S/C7H16N2O2S/c1-7(2)5-9(4-3-8-7)6-12(10)11/h8,12H,3-6H2,1-2H3. The smallest absolute Gasteiger partial charge is 0.153 e. The highest BCUT2D eigenvalue weighted by molar-refractivity contribution is 7.72. The van der Waals surface area contributed by atoms with Crippen LogP contribution < -0.4 is 5.32 Å². The van der Waals surface area contributed by atoms with Crippen molar-refractivity contribution in [3.63, 3.8) is 0 Å². The molecule has 0 spiro atoms. The van der Waals surface area contributed by atoms with Gasteiger partial charge in [0.05, 0.1) is 5.88 Å². The number of nitrogens with zero attached hydrogens (tertiary/aromatic N) is 1. The van der Waals surface area contributed by atoms with Gasteiger partial charge in [0.2, 0.25) is 0 Å². The van der Waals surface area contributed by atoms with Crippen molar-refractivity contribution in [2.75, 3.05) is 25.5 Å². The van der Waals surface area contributed by atoms with E-state index in [1.807, 2.05) is 4.90 Å². The van der Waals surface area contributed by atoms with Crippen LogP contribution in [-0.4, -0.2) is 44.4 Å². The first-order valence-corrected chi connectivity index (χ1v) is 5.45. The maximum Gasteiger partial charge on any atom is 0.153 e. The molecule has 1 fully saturated rings. The molecule has 0 unspecified atom stereocenters. The Morgan fingerprint density at radius 1 is 1.50 bits per heavy atom. The van der Waals surface area contributed by atoms with Gasteiger partial charge in [-0.3, -0.25) is 4.90 Å². The Labute approximate surface area is 74.9 Å². The maximum absolute atomic E-state index is 10.5. The number of rotatable bonds is 2. The first-order valence-electron chi connectivity index (χ1n) is 4.09. The Balaban J connectivity index is 2.46. The highest BCUT2D eigenvalue weighted by atomic mass is 32.2. The van der Waals surface area contributed by atoms with Crippen molar-refractivity contribution in [2.45, 2.75) is 19.4 Å². The van der Waals surface area contributed by atoms with Crippen LogP contribution in [0.15, 0.2) is 0 Å².